The van der Waals surface area contributed by atoms with Crippen molar-refractivity contribution >= 4 is 5.82 Å². The van der Waals surface area contributed by atoms with Crippen LogP contribution in [0.3, 0.4) is 0 Å². The van der Waals surface area contributed by atoms with Crippen LogP contribution in [-0.2, 0) is 32.7 Å². The Hall–Kier alpha value is -0.146. The number of aromatic nitrogens is 1. The topological polar surface area (TPSA) is 54.2 Å². The molecule has 1 radical (unpaired) electrons. The van der Waals surface area contributed by atoms with Gasteiger partial charge in [0.25, 0.3) is 0 Å². The molecule has 0 atom stereocenters. The molecule has 4 heteroatoms. The first-order valence-corrected chi connectivity index (χ1v) is 3.04. The van der Waals surface area contributed by atoms with E-state index in [0.29, 0.717) is 5.82 Å². The summed E-state index contributed by atoms with van der Waals surface area (Å²) in [6.45, 7) is 1.93. The molecule has 11 heavy (non-hydrogen) atoms. The summed E-state index contributed by atoms with van der Waals surface area (Å²) in [6.07, 6.45) is 0. The predicted molar refractivity (Wildman–Crippen MR) is 40.3 cm³/mol. The van der Waals surface area contributed by atoms with Gasteiger partial charge in [0, 0.05) is 45.2 Å². The van der Waals surface area contributed by atoms with Crippen LogP contribution in [0.1, 0.15) is 5.56 Å². The maximum absolute atomic E-state index is 5.46. The molecule has 0 fully saturated rings. The number of nitrogen functional groups attached to an aromatic ring is 1. The fourth-order valence-electron chi connectivity index (χ4n) is 0.745. The zero-order chi connectivity index (χ0) is 7.56. The number of nitrogens with one attached hydrogen (secondary N) is 1. The van der Waals surface area contributed by atoms with E-state index in [9.17, 15) is 0 Å². The van der Waals surface area contributed by atoms with Crippen LogP contribution in [0.15, 0.2) is 11.1 Å². The summed E-state index contributed by atoms with van der Waals surface area (Å²) in [6, 6.07) is 4.67. The third kappa shape index (κ3) is 2.75. The Balaban J connectivity index is 0.000001000. The van der Waals surface area contributed by atoms with E-state index in [0.717, 1.165) is 11.1 Å². The molecular weight excluding hydrogens is 215 g/mol. The number of hydrogen-bond donors (Lipinski definition) is 2. The molecule has 1 aromatic heterocycles. The van der Waals surface area contributed by atoms with E-state index in [4.69, 9.17) is 5.73 Å². The predicted octanol–water partition coefficient (Wildman–Crippen LogP) is 0.234. The van der Waals surface area contributed by atoms with Crippen LogP contribution < -0.4 is 11.2 Å². The Bertz CT molecular complexity index is 290. The van der Waals surface area contributed by atoms with Crippen molar-refractivity contribution in [2.24, 2.45) is 4.99 Å². The Morgan fingerprint density at radius 3 is 2.73 bits per heavy atom. The molecule has 0 aliphatic rings. The molecule has 1 heterocycles. The van der Waals surface area contributed by atoms with Gasteiger partial charge in [-0.2, -0.15) is 6.07 Å². The number of aryl methyl sites for hydroxylation is 1. The molecule has 0 spiro atoms. The molecule has 0 saturated heterocycles. The molecule has 1 rings (SSSR count). The maximum Gasteiger partial charge on any atom is 0.0168 e. The molecule has 1 aromatic rings. The Labute approximate surface area is 91.0 Å². The molecule has 0 aromatic carbocycles. The quantitative estimate of drug-likeness (QED) is 0.610. The van der Waals surface area contributed by atoms with Crippen LogP contribution in [-0.4, -0.2) is 12.0 Å². The van der Waals surface area contributed by atoms with Crippen molar-refractivity contribution in [3.8, 4) is 0 Å². The zero-order valence-corrected chi connectivity index (χ0v) is 9.52. The fraction of sp³-hybridized carbons (Fsp3) is 0.286. The average molecular weight is 225 g/mol. The fourth-order valence-corrected chi connectivity index (χ4v) is 0.745. The summed E-state index contributed by atoms with van der Waals surface area (Å²) < 4.78 is 0. The standard InChI is InChI=1S/C7H10N3.Y/c1-5-3-4-6(8)10-7(5)9-2;/h4H,1-2H3,(H3,8,9,10);/q-1;. The van der Waals surface area contributed by atoms with Gasteiger partial charge in [0.05, 0.1) is 0 Å². The van der Waals surface area contributed by atoms with Crippen molar-refractivity contribution in [1.29, 1.82) is 0 Å². The molecule has 0 amide bonds. The van der Waals surface area contributed by atoms with Crippen molar-refractivity contribution in [1.82, 2.24) is 4.98 Å². The van der Waals surface area contributed by atoms with E-state index in [1.54, 1.807) is 13.1 Å². The van der Waals surface area contributed by atoms with Crippen LogP contribution in [0.4, 0.5) is 5.82 Å². The summed E-state index contributed by atoms with van der Waals surface area (Å²) in [4.78, 5) is 6.87. The minimum absolute atomic E-state index is 0. The van der Waals surface area contributed by atoms with Crippen molar-refractivity contribution in [3.63, 3.8) is 0 Å². The average Bonchev–Trinajstić information content (AvgIpc) is 1.94. The van der Waals surface area contributed by atoms with Crippen LogP contribution in [0, 0.1) is 13.0 Å². The van der Waals surface area contributed by atoms with E-state index in [1.165, 1.54) is 0 Å². The van der Waals surface area contributed by atoms with Gasteiger partial charge in [0.1, 0.15) is 0 Å². The minimum Gasteiger partial charge on any atom is -0.436 e. The van der Waals surface area contributed by atoms with Gasteiger partial charge in [0.15, 0.2) is 0 Å². The first-order chi connectivity index (χ1) is 4.74. The number of nitrogens with zero attached hydrogens (tertiary/aromatic N) is 1. The maximum atomic E-state index is 5.46. The van der Waals surface area contributed by atoms with Gasteiger partial charge in [-0.25, -0.2) is 0 Å². The van der Waals surface area contributed by atoms with E-state index in [2.05, 4.69) is 16.0 Å². The Kier molecular flexibility index (Phi) is 4.61. The van der Waals surface area contributed by atoms with Crippen molar-refractivity contribution in [2.75, 3.05) is 12.8 Å². The number of rotatable bonds is 0. The van der Waals surface area contributed by atoms with Gasteiger partial charge < -0.3 is 15.7 Å². The molecule has 0 aliphatic heterocycles. The number of hydrogen-bond acceptors (Lipinski definition) is 2. The number of anilines is 1. The third-order valence-corrected chi connectivity index (χ3v) is 1.29. The van der Waals surface area contributed by atoms with Crippen LogP contribution >= 0.6 is 0 Å². The second-order valence-electron chi connectivity index (χ2n) is 2.07. The molecule has 0 unspecified atom stereocenters. The van der Waals surface area contributed by atoms with E-state index in [-0.39, 0.29) is 32.7 Å². The van der Waals surface area contributed by atoms with Crippen molar-refractivity contribution in [3.05, 3.63) is 23.2 Å². The smallest absolute Gasteiger partial charge is 0.0168 e. The first-order valence-electron chi connectivity index (χ1n) is 3.04. The number of H-pyrrole nitrogens is 1. The molecule has 0 aliphatic carbocycles. The van der Waals surface area contributed by atoms with Gasteiger partial charge in [0.2, 0.25) is 0 Å². The normalized spacial score (nSPS) is 10.9. The summed E-state index contributed by atoms with van der Waals surface area (Å²) in [5.74, 6) is 0.589. The second kappa shape index (κ2) is 4.68. The van der Waals surface area contributed by atoms with Gasteiger partial charge >= 0.3 is 0 Å². The van der Waals surface area contributed by atoms with E-state index >= 15 is 0 Å². The molecule has 57 valence electrons. The minimum atomic E-state index is 0. The Morgan fingerprint density at radius 1 is 1.64 bits per heavy atom. The van der Waals surface area contributed by atoms with E-state index in [1.807, 2.05) is 6.92 Å². The van der Waals surface area contributed by atoms with E-state index < -0.39 is 0 Å². The molecule has 0 bridgehead atoms. The third-order valence-electron chi connectivity index (χ3n) is 1.29. The summed E-state index contributed by atoms with van der Waals surface area (Å²) in [7, 11) is 1.71. The summed E-state index contributed by atoms with van der Waals surface area (Å²) >= 11 is 0. The van der Waals surface area contributed by atoms with Crippen LogP contribution in [0.5, 0.6) is 0 Å². The van der Waals surface area contributed by atoms with Crippen molar-refractivity contribution in [2.45, 2.75) is 6.92 Å². The SMILES string of the molecule is CN=c1[nH]c(N)c[c-]c1C.[Y]. The molecular formula is C7H10N3Y-. The number of pyridine rings is 1. The summed E-state index contributed by atoms with van der Waals surface area (Å²) in [5.41, 5.74) is 7.23. The van der Waals surface area contributed by atoms with Gasteiger partial charge in [-0.1, -0.05) is 6.92 Å². The van der Waals surface area contributed by atoms with Gasteiger partial charge in [-0.05, 0) is 5.82 Å². The molecule has 3 nitrogen and oxygen atoms in total. The summed E-state index contributed by atoms with van der Waals surface area (Å²) in [5, 5.41) is 0. The van der Waals surface area contributed by atoms with Gasteiger partial charge in [-0.3, -0.25) is 0 Å². The Morgan fingerprint density at radius 2 is 2.27 bits per heavy atom. The zero-order valence-electron chi connectivity index (χ0n) is 6.68. The monoisotopic (exact) mass is 225 g/mol. The molecule has 0 saturated carbocycles. The van der Waals surface area contributed by atoms with Gasteiger partial charge in [-0.15, -0.1) is 11.6 Å². The number of aromatic amines is 1. The largest absolute Gasteiger partial charge is 0.436 e. The molecule has 3 N–H and O–H groups in total. The number of nitrogens with two attached hydrogens (primary N) is 1. The first kappa shape index (κ1) is 10.9. The van der Waals surface area contributed by atoms with Crippen LogP contribution in [0.25, 0.3) is 0 Å². The van der Waals surface area contributed by atoms with Crippen molar-refractivity contribution < 1.29 is 32.7 Å². The van der Waals surface area contributed by atoms with Crippen LogP contribution in [0.2, 0.25) is 0 Å². The second-order valence-corrected chi connectivity index (χ2v) is 2.07.